The quantitative estimate of drug-likeness (QED) is 0.675. The highest BCUT2D eigenvalue weighted by molar-refractivity contribution is 7.13. The molecule has 25 heavy (non-hydrogen) atoms. The molecule has 0 aliphatic rings. The number of nitrogens with zero attached hydrogens (tertiary/aromatic N) is 2. The molecule has 1 aromatic carbocycles. The van der Waals surface area contributed by atoms with Crippen molar-refractivity contribution >= 4 is 17.2 Å². The Hall–Kier alpha value is -2.58. The molecule has 0 saturated carbocycles. The molecule has 6 nitrogen and oxygen atoms in total. The Morgan fingerprint density at radius 2 is 2.12 bits per heavy atom. The van der Waals surface area contributed by atoms with Crippen molar-refractivity contribution in [3.63, 3.8) is 0 Å². The van der Waals surface area contributed by atoms with Gasteiger partial charge in [0.2, 0.25) is 17.6 Å². The van der Waals surface area contributed by atoms with Crippen molar-refractivity contribution in [1.82, 2.24) is 15.5 Å². The lowest BCUT2D eigenvalue weighted by Crippen LogP contribution is -2.28. The summed E-state index contributed by atoms with van der Waals surface area (Å²) in [6.45, 7) is 0.0503. The highest BCUT2D eigenvalue weighted by atomic mass is 32.1. The maximum Gasteiger partial charge on any atom is 0.227 e. The van der Waals surface area contributed by atoms with Crippen LogP contribution in [0.4, 0.5) is 4.39 Å². The van der Waals surface area contributed by atoms with Crippen LogP contribution in [0.1, 0.15) is 24.0 Å². The second kappa shape index (κ2) is 8.00. The van der Waals surface area contributed by atoms with E-state index < -0.39 is 6.10 Å². The third kappa shape index (κ3) is 4.71. The van der Waals surface area contributed by atoms with E-state index >= 15 is 0 Å². The predicted molar refractivity (Wildman–Crippen MR) is 90.3 cm³/mol. The Morgan fingerprint density at radius 3 is 2.84 bits per heavy atom. The van der Waals surface area contributed by atoms with E-state index in [1.807, 2.05) is 17.5 Å². The molecule has 0 saturated heterocycles. The van der Waals surface area contributed by atoms with Gasteiger partial charge in [-0.2, -0.15) is 4.98 Å². The van der Waals surface area contributed by atoms with Crippen molar-refractivity contribution in [3.05, 3.63) is 59.0 Å². The Bertz CT molecular complexity index is 818. The van der Waals surface area contributed by atoms with Crippen LogP contribution in [0.3, 0.4) is 0 Å². The highest BCUT2D eigenvalue weighted by Crippen LogP contribution is 2.21. The fourth-order valence-corrected chi connectivity index (χ4v) is 2.83. The predicted octanol–water partition coefficient (Wildman–Crippen LogP) is 2.72. The largest absolute Gasteiger partial charge is 0.387 e. The third-order valence-corrected chi connectivity index (χ3v) is 4.39. The molecule has 2 heterocycles. The van der Waals surface area contributed by atoms with Gasteiger partial charge in [0, 0.05) is 19.4 Å². The minimum atomic E-state index is -0.890. The number of hydrogen-bond donors (Lipinski definition) is 2. The molecule has 1 atom stereocenters. The van der Waals surface area contributed by atoms with E-state index in [-0.39, 0.29) is 24.7 Å². The van der Waals surface area contributed by atoms with Gasteiger partial charge in [-0.15, -0.1) is 11.3 Å². The SMILES string of the molecule is O=C(CCc1nc(-c2cccs2)no1)NCC(O)c1ccc(F)cc1. The highest BCUT2D eigenvalue weighted by Gasteiger charge is 2.13. The molecule has 1 amide bonds. The zero-order chi connectivity index (χ0) is 17.6. The minimum absolute atomic E-state index is 0.0503. The zero-order valence-electron chi connectivity index (χ0n) is 13.2. The number of hydrogen-bond acceptors (Lipinski definition) is 6. The maximum absolute atomic E-state index is 12.8. The van der Waals surface area contributed by atoms with Crippen LogP contribution in [0.15, 0.2) is 46.3 Å². The molecule has 3 aromatic rings. The molecule has 130 valence electrons. The summed E-state index contributed by atoms with van der Waals surface area (Å²) in [6.07, 6.45) is -0.405. The van der Waals surface area contributed by atoms with Gasteiger partial charge in [0.1, 0.15) is 5.82 Å². The number of nitrogens with one attached hydrogen (secondary N) is 1. The second-order valence-electron chi connectivity index (χ2n) is 5.36. The van der Waals surface area contributed by atoms with Crippen LogP contribution in [0.25, 0.3) is 10.7 Å². The number of carbonyl (C=O) groups is 1. The van der Waals surface area contributed by atoms with Crippen molar-refractivity contribution in [2.24, 2.45) is 0 Å². The normalized spacial score (nSPS) is 12.1. The Kier molecular flexibility index (Phi) is 5.52. The second-order valence-corrected chi connectivity index (χ2v) is 6.31. The number of aliphatic hydroxyl groups excluding tert-OH is 1. The van der Waals surface area contributed by atoms with E-state index in [1.54, 1.807) is 0 Å². The van der Waals surface area contributed by atoms with Crippen molar-refractivity contribution in [3.8, 4) is 10.7 Å². The first-order valence-corrected chi connectivity index (χ1v) is 8.56. The van der Waals surface area contributed by atoms with E-state index in [4.69, 9.17) is 4.52 Å². The van der Waals surface area contributed by atoms with Crippen LogP contribution in [-0.2, 0) is 11.2 Å². The molecule has 0 radical (unpaired) electrons. The first kappa shape index (κ1) is 17.2. The van der Waals surface area contributed by atoms with Gasteiger partial charge in [-0.05, 0) is 29.1 Å². The average Bonchev–Trinajstić information content (AvgIpc) is 3.29. The fourth-order valence-electron chi connectivity index (χ4n) is 2.18. The van der Waals surface area contributed by atoms with Gasteiger partial charge in [-0.3, -0.25) is 4.79 Å². The summed E-state index contributed by atoms with van der Waals surface area (Å²) in [5.41, 5.74) is 0.541. The number of amides is 1. The number of aromatic nitrogens is 2. The number of carbonyl (C=O) groups excluding carboxylic acids is 1. The molecular formula is C17H16FN3O3S. The summed E-state index contributed by atoms with van der Waals surface area (Å²) < 4.78 is 18.0. The van der Waals surface area contributed by atoms with Gasteiger partial charge in [0.25, 0.3) is 0 Å². The van der Waals surface area contributed by atoms with Crippen LogP contribution in [-0.4, -0.2) is 27.7 Å². The van der Waals surface area contributed by atoms with Crippen LogP contribution in [0, 0.1) is 5.82 Å². The first-order chi connectivity index (χ1) is 12.1. The lowest BCUT2D eigenvalue weighted by atomic mass is 10.1. The zero-order valence-corrected chi connectivity index (χ0v) is 14.0. The van der Waals surface area contributed by atoms with Gasteiger partial charge in [-0.25, -0.2) is 4.39 Å². The number of aliphatic hydroxyl groups is 1. The van der Waals surface area contributed by atoms with E-state index in [1.165, 1.54) is 35.6 Å². The van der Waals surface area contributed by atoms with Crippen LogP contribution in [0.5, 0.6) is 0 Å². The lowest BCUT2D eigenvalue weighted by molar-refractivity contribution is -0.121. The van der Waals surface area contributed by atoms with Gasteiger partial charge in [0.15, 0.2) is 0 Å². The van der Waals surface area contributed by atoms with Crippen molar-refractivity contribution in [2.75, 3.05) is 6.54 Å². The summed E-state index contributed by atoms with van der Waals surface area (Å²) >= 11 is 1.51. The smallest absolute Gasteiger partial charge is 0.227 e. The molecule has 0 aliphatic heterocycles. The minimum Gasteiger partial charge on any atom is -0.387 e. The Labute approximate surface area is 147 Å². The van der Waals surface area contributed by atoms with Gasteiger partial charge >= 0.3 is 0 Å². The van der Waals surface area contributed by atoms with E-state index in [2.05, 4.69) is 15.5 Å². The summed E-state index contributed by atoms with van der Waals surface area (Å²) in [7, 11) is 0. The van der Waals surface area contributed by atoms with Crippen LogP contribution < -0.4 is 5.32 Å². The monoisotopic (exact) mass is 361 g/mol. The fraction of sp³-hybridized carbons (Fsp3) is 0.235. The van der Waals surface area contributed by atoms with E-state index in [0.717, 1.165) is 4.88 Å². The summed E-state index contributed by atoms with van der Waals surface area (Å²) in [5.74, 6) is 0.285. The molecule has 0 aliphatic carbocycles. The Morgan fingerprint density at radius 1 is 1.32 bits per heavy atom. The van der Waals surface area contributed by atoms with Crippen LogP contribution in [0.2, 0.25) is 0 Å². The van der Waals surface area contributed by atoms with Crippen molar-refractivity contribution in [2.45, 2.75) is 18.9 Å². The van der Waals surface area contributed by atoms with Gasteiger partial charge in [-0.1, -0.05) is 23.4 Å². The molecule has 3 rings (SSSR count). The average molecular weight is 361 g/mol. The van der Waals surface area contributed by atoms with Crippen molar-refractivity contribution in [1.29, 1.82) is 0 Å². The number of aryl methyl sites for hydroxylation is 1. The summed E-state index contributed by atoms with van der Waals surface area (Å²) in [5, 5.41) is 18.4. The number of rotatable bonds is 7. The number of benzene rings is 1. The molecule has 1 unspecified atom stereocenters. The van der Waals surface area contributed by atoms with Gasteiger partial charge < -0.3 is 14.9 Å². The molecule has 0 spiro atoms. The summed E-state index contributed by atoms with van der Waals surface area (Å²) in [6, 6.07) is 9.29. The van der Waals surface area contributed by atoms with Crippen molar-refractivity contribution < 1.29 is 18.8 Å². The number of halogens is 1. The maximum atomic E-state index is 12.8. The molecule has 0 fully saturated rings. The standard InChI is InChI=1S/C17H16FN3O3S/c18-12-5-3-11(4-6-12)13(22)10-19-15(23)7-8-16-20-17(21-24-16)14-2-1-9-25-14/h1-6,9,13,22H,7-8,10H2,(H,19,23). The molecular weight excluding hydrogens is 345 g/mol. The third-order valence-electron chi connectivity index (χ3n) is 3.52. The van der Waals surface area contributed by atoms with Crippen LogP contribution >= 0.6 is 11.3 Å². The topological polar surface area (TPSA) is 88.2 Å². The lowest BCUT2D eigenvalue weighted by Gasteiger charge is -2.12. The van der Waals surface area contributed by atoms with E-state index in [0.29, 0.717) is 23.7 Å². The van der Waals surface area contributed by atoms with Gasteiger partial charge in [0.05, 0.1) is 11.0 Å². The molecule has 0 bridgehead atoms. The number of thiophene rings is 1. The first-order valence-electron chi connectivity index (χ1n) is 7.68. The summed E-state index contributed by atoms with van der Waals surface area (Å²) in [4.78, 5) is 17.0. The molecule has 2 N–H and O–H groups in total. The molecule has 8 heteroatoms. The Balaban J connectivity index is 1.44. The molecule has 2 aromatic heterocycles. The van der Waals surface area contributed by atoms with E-state index in [9.17, 15) is 14.3 Å².